The van der Waals surface area contributed by atoms with Gasteiger partial charge in [-0.2, -0.15) is 13.2 Å². The van der Waals surface area contributed by atoms with Crippen LogP contribution in [0.15, 0.2) is 0 Å². The van der Waals surface area contributed by atoms with Crippen LogP contribution >= 0.6 is 0 Å². The summed E-state index contributed by atoms with van der Waals surface area (Å²) in [6, 6.07) is -1.95. The third kappa shape index (κ3) is 5.03. The van der Waals surface area contributed by atoms with Crippen LogP contribution in [0.1, 0.15) is 19.8 Å². The Morgan fingerprint density at radius 1 is 1.18 bits per heavy atom. The molecule has 0 saturated carbocycles. The maximum atomic E-state index is 11.7. The fraction of sp³-hybridized carbons (Fsp3) is 1.00. The van der Waals surface area contributed by atoms with E-state index in [-0.39, 0.29) is 12.5 Å². The smallest absolute Gasteiger partial charge is 0.328 e. The van der Waals surface area contributed by atoms with Crippen molar-refractivity contribution in [2.75, 3.05) is 0 Å². The van der Waals surface area contributed by atoms with Crippen molar-refractivity contribution in [1.82, 2.24) is 0 Å². The third-order valence-corrected chi connectivity index (χ3v) is 1.35. The van der Waals surface area contributed by atoms with Crippen LogP contribution in [-0.4, -0.2) is 18.3 Å². The molecule has 0 amide bonds. The molecule has 0 rings (SSSR count). The van der Waals surface area contributed by atoms with Gasteiger partial charge >= 0.3 is 6.18 Å². The van der Waals surface area contributed by atoms with Crippen molar-refractivity contribution in [3.63, 3.8) is 0 Å². The summed E-state index contributed by atoms with van der Waals surface area (Å²) in [5, 5.41) is 0. The molecule has 2 atom stereocenters. The molecule has 68 valence electrons. The van der Waals surface area contributed by atoms with Crippen LogP contribution < -0.4 is 11.5 Å². The van der Waals surface area contributed by atoms with Gasteiger partial charge in [0.15, 0.2) is 0 Å². The van der Waals surface area contributed by atoms with E-state index < -0.39 is 12.2 Å². The van der Waals surface area contributed by atoms with Gasteiger partial charge in [-0.15, -0.1) is 0 Å². The maximum Gasteiger partial charge on any atom is 0.403 e. The average molecular weight is 170 g/mol. The number of hydrogen-bond donors (Lipinski definition) is 2. The van der Waals surface area contributed by atoms with E-state index in [1.165, 1.54) is 0 Å². The van der Waals surface area contributed by atoms with Gasteiger partial charge in [-0.25, -0.2) is 0 Å². The first-order valence-electron chi connectivity index (χ1n) is 3.42. The van der Waals surface area contributed by atoms with E-state index in [9.17, 15) is 13.2 Å². The first kappa shape index (κ1) is 10.7. The zero-order valence-electron chi connectivity index (χ0n) is 6.36. The predicted molar refractivity (Wildman–Crippen MR) is 36.9 cm³/mol. The minimum atomic E-state index is -4.28. The first-order chi connectivity index (χ1) is 4.84. The Labute approximate surface area is 63.7 Å². The van der Waals surface area contributed by atoms with Gasteiger partial charge in [-0.1, -0.05) is 0 Å². The van der Waals surface area contributed by atoms with Crippen molar-refractivity contribution in [2.45, 2.75) is 38.0 Å². The van der Waals surface area contributed by atoms with Gasteiger partial charge in [-0.05, 0) is 19.8 Å². The summed E-state index contributed by atoms with van der Waals surface area (Å²) < 4.78 is 35.2. The SMILES string of the molecule is CC(N)CCC(N)C(F)(F)F. The summed E-state index contributed by atoms with van der Waals surface area (Å²) in [7, 11) is 0. The average Bonchev–Trinajstić information content (AvgIpc) is 1.80. The third-order valence-electron chi connectivity index (χ3n) is 1.35. The van der Waals surface area contributed by atoms with Crippen LogP contribution in [0.3, 0.4) is 0 Å². The summed E-state index contributed by atoms with van der Waals surface area (Å²) in [6.45, 7) is 1.66. The van der Waals surface area contributed by atoms with Gasteiger partial charge in [0, 0.05) is 6.04 Å². The molecule has 0 aliphatic carbocycles. The molecule has 0 spiro atoms. The zero-order chi connectivity index (χ0) is 9.07. The summed E-state index contributed by atoms with van der Waals surface area (Å²) in [5.74, 6) is 0. The molecule has 5 heteroatoms. The number of hydrogen-bond acceptors (Lipinski definition) is 2. The molecule has 0 aliphatic rings. The molecule has 0 aromatic heterocycles. The van der Waals surface area contributed by atoms with E-state index in [1.807, 2.05) is 0 Å². The van der Waals surface area contributed by atoms with Gasteiger partial charge in [0.05, 0.1) is 0 Å². The van der Waals surface area contributed by atoms with Crippen LogP contribution in [0.5, 0.6) is 0 Å². The van der Waals surface area contributed by atoms with E-state index >= 15 is 0 Å². The molecule has 0 radical (unpaired) electrons. The van der Waals surface area contributed by atoms with Gasteiger partial charge in [0.25, 0.3) is 0 Å². The lowest BCUT2D eigenvalue weighted by Crippen LogP contribution is -2.38. The van der Waals surface area contributed by atoms with E-state index in [0.29, 0.717) is 6.42 Å². The molecule has 0 aromatic carbocycles. The topological polar surface area (TPSA) is 52.0 Å². The highest BCUT2D eigenvalue weighted by atomic mass is 19.4. The Bertz CT molecular complexity index is 111. The maximum absolute atomic E-state index is 11.7. The Morgan fingerprint density at radius 2 is 1.64 bits per heavy atom. The van der Waals surface area contributed by atoms with Gasteiger partial charge in [0.1, 0.15) is 6.04 Å². The summed E-state index contributed by atoms with van der Waals surface area (Å²) in [4.78, 5) is 0. The molecule has 0 bridgehead atoms. The monoisotopic (exact) mass is 170 g/mol. The number of alkyl halides is 3. The highest BCUT2D eigenvalue weighted by Crippen LogP contribution is 2.21. The molecule has 0 aromatic rings. The quantitative estimate of drug-likeness (QED) is 0.664. The largest absolute Gasteiger partial charge is 0.403 e. The van der Waals surface area contributed by atoms with Crippen LogP contribution in [0.4, 0.5) is 13.2 Å². The first-order valence-corrected chi connectivity index (χ1v) is 3.42. The normalized spacial score (nSPS) is 18.0. The molecule has 11 heavy (non-hydrogen) atoms. The molecule has 0 saturated heterocycles. The standard InChI is InChI=1S/C6H13F3N2/c1-4(10)2-3-5(11)6(7,8)9/h4-5H,2-3,10-11H2,1H3. The molecular formula is C6H13F3N2. The molecule has 0 heterocycles. The number of nitrogens with two attached hydrogens (primary N) is 2. The Hall–Kier alpha value is -0.290. The minimum absolute atomic E-state index is 0.0961. The van der Waals surface area contributed by atoms with Crippen LogP contribution in [0.25, 0.3) is 0 Å². The molecule has 2 unspecified atom stereocenters. The van der Waals surface area contributed by atoms with Gasteiger partial charge < -0.3 is 11.5 Å². The van der Waals surface area contributed by atoms with Crippen molar-refractivity contribution in [3.8, 4) is 0 Å². The van der Waals surface area contributed by atoms with Crippen molar-refractivity contribution >= 4 is 0 Å². The highest BCUT2D eigenvalue weighted by molar-refractivity contribution is 4.71. The van der Waals surface area contributed by atoms with E-state index in [2.05, 4.69) is 0 Å². The van der Waals surface area contributed by atoms with Crippen molar-refractivity contribution < 1.29 is 13.2 Å². The van der Waals surface area contributed by atoms with E-state index in [0.717, 1.165) is 0 Å². The van der Waals surface area contributed by atoms with Crippen LogP contribution in [0.2, 0.25) is 0 Å². The molecular weight excluding hydrogens is 157 g/mol. The lowest BCUT2D eigenvalue weighted by molar-refractivity contribution is -0.149. The Morgan fingerprint density at radius 3 is 1.91 bits per heavy atom. The molecule has 2 nitrogen and oxygen atoms in total. The van der Waals surface area contributed by atoms with Gasteiger partial charge in [-0.3, -0.25) is 0 Å². The number of rotatable bonds is 3. The lowest BCUT2D eigenvalue weighted by atomic mass is 10.1. The van der Waals surface area contributed by atoms with E-state index in [1.54, 1.807) is 6.92 Å². The fourth-order valence-corrected chi connectivity index (χ4v) is 0.606. The Balaban J connectivity index is 3.61. The molecule has 0 aliphatic heterocycles. The fourth-order valence-electron chi connectivity index (χ4n) is 0.606. The van der Waals surface area contributed by atoms with Crippen LogP contribution in [0, 0.1) is 0 Å². The Kier molecular flexibility index (Phi) is 3.82. The summed E-state index contributed by atoms with van der Waals surface area (Å²) >= 11 is 0. The number of halogens is 3. The summed E-state index contributed by atoms with van der Waals surface area (Å²) in [5.41, 5.74) is 10.1. The second-order valence-corrected chi connectivity index (χ2v) is 2.70. The zero-order valence-corrected chi connectivity index (χ0v) is 6.36. The van der Waals surface area contributed by atoms with E-state index in [4.69, 9.17) is 11.5 Å². The predicted octanol–water partition coefficient (Wildman–Crippen LogP) is 1.00. The second kappa shape index (κ2) is 3.92. The lowest BCUT2D eigenvalue weighted by Gasteiger charge is -2.15. The molecule has 4 N–H and O–H groups in total. The van der Waals surface area contributed by atoms with Crippen molar-refractivity contribution in [3.05, 3.63) is 0 Å². The second-order valence-electron chi connectivity index (χ2n) is 2.70. The van der Waals surface area contributed by atoms with Gasteiger partial charge in [0.2, 0.25) is 0 Å². The highest BCUT2D eigenvalue weighted by Gasteiger charge is 2.35. The van der Waals surface area contributed by atoms with Crippen molar-refractivity contribution in [1.29, 1.82) is 0 Å². The minimum Gasteiger partial charge on any atom is -0.328 e. The van der Waals surface area contributed by atoms with Crippen molar-refractivity contribution in [2.24, 2.45) is 11.5 Å². The summed E-state index contributed by atoms with van der Waals surface area (Å²) in [6.07, 6.45) is -4.07. The molecule has 0 fully saturated rings. The van der Waals surface area contributed by atoms with Crippen LogP contribution in [-0.2, 0) is 0 Å².